The van der Waals surface area contributed by atoms with E-state index in [1.807, 2.05) is 0 Å². The molecule has 0 bridgehead atoms. The maximum atomic E-state index is 6.10. The summed E-state index contributed by atoms with van der Waals surface area (Å²) in [4.78, 5) is 2.64. The number of rotatable bonds is 4. The lowest BCUT2D eigenvalue weighted by Crippen LogP contribution is -2.44. The minimum Gasteiger partial charge on any atom is -0.329 e. The molecule has 1 atom stereocenters. The molecule has 0 saturated heterocycles. The van der Waals surface area contributed by atoms with Crippen molar-refractivity contribution in [2.45, 2.75) is 57.5 Å². The Bertz CT molecular complexity index is 423. The Balaban J connectivity index is 1.62. The first-order valence-electron chi connectivity index (χ1n) is 8.37. The monoisotopic (exact) mass is 272 g/mol. The van der Waals surface area contributed by atoms with Crippen molar-refractivity contribution < 1.29 is 0 Å². The van der Waals surface area contributed by atoms with Gasteiger partial charge in [0.2, 0.25) is 0 Å². The molecule has 2 N–H and O–H groups in total. The highest BCUT2D eigenvalue weighted by molar-refractivity contribution is 5.29. The van der Waals surface area contributed by atoms with Gasteiger partial charge in [0.15, 0.2) is 0 Å². The lowest BCUT2D eigenvalue weighted by atomic mass is 9.84. The van der Waals surface area contributed by atoms with Gasteiger partial charge in [-0.05, 0) is 29.9 Å². The van der Waals surface area contributed by atoms with Crippen LogP contribution < -0.4 is 5.73 Å². The van der Waals surface area contributed by atoms with Gasteiger partial charge in [0.25, 0.3) is 0 Å². The highest BCUT2D eigenvalue weighted by atomic mass is 15.2. The lowest BCUT2D eigenvalue weighted by Gasteiger charge is -2.37. The fourth-order valence-electron chi connectivity index (χ4n) is 4.03. The Morgan fingerprint density at radius 2 is 1.85 bits per heavy atom. The maximum Gasteiger partial charge on any atom is 0.0240 e. The fourth-order valence-corrected chi connectivity index (χ4v) is 4.03. The van der Waals surface area contributed by atoms with Gasteiger partial charge in [-0.3, -0.25) is 4.90 Å². The third-order valence-corrected chi connectivity index (χ3v) is 5.28. The summed E-state index contributed by atoms with van der Waals surface area (Å²) in [6, 6.07) is 9.49. The van der Waals surface area contributed by atoms with Crippen molar-refractivity contribution in [2.24, 2.45) is 11.7 Å². The minimum absolute atomic E-state index is 0.589. The zero-order valence-corrected chi connectivity index (χ0v) is 12.6. The van der Waals surface area contributed by atoms with E-state index >= 15 is 0 Å². The van der Waals surface area contributed by atoms with Crippen LogP contribution in [-0.4, -0.2) is 24.0 Å². The van der Waals surface area contributed by atoms with E-state index in [4.69, 9.17) is 5.73 Å². The van der Waals surface area contributed by atoms with Crippen molar-refractivity contribution in [1.29, 1.82) is 0 Å². The number of hydrogen-bond acceptors (Lipinski definition) is 2. The molecule has 0 amide bonds. The second-order valence-corrected chi connectivity index (χ2v) is 6.62. The van der Waals surface area contributed by atoms with Crippen LogP contribution in [0.5, 0.6) is 0 Å². The SMILES string of the molecule is NCC(CC1CCCCC1)N1CCc2ccccc2C1. The van der Waals surface area contributed by atoms with Gasteiger partial charge in [0.1, 0.15) is 0 Å². The van der Waals surface area contributed by atoms with Crippen LogP contribution in [0.3, 0.4) is 0 Å². The van der Waals surface area contributed by atoms with Crippen LogP contribution >= 0.6 is 0 Å². The van der Waals surface area contributed by atoms with Gasteiger partial charge in [0.05, 0.1) is 0 Å². The molecule has 110 valence electrons. The molecule has 1 fully saturated rings. The molecule has 2 nitrogen and oxygen atoms in total. The smallest absolute Gasteiger partial charge is 0.0240 e. The Kier molecular flexibility index (Phi) is 4.74. The maximum absolute atomic E-state index is 6.10. The van der Waals surface area contributed by atoms with E-state index in [2.05, 4.69) is 29.2 Å². The van der Waals surface area contributed by atoms with Crippen LogP contribution in [0, 0.1) is 5.92 Å². The van der Waals surface area contributed by atoms with E-state index in [0.717, 1.165) is 19.0 Å². The van der Waals surface area contributed by atoms with Crippen LogP contribution in [0.1, 0.15) is 49.7 Å². The van der Waals surface area contributed by atoms with Gasteiger partial charge in [0, 0.05) is 25.7 Å². The quantitative estimate of drug-likeness (QED) is 0.911. The summed E-state index contributed by atoms with van der Waals surface area (Å²) < 4.78 is 0. The molecular weight excluding hydrogens is 244 g/mol. The number of hydrogen-bond donors (Lipinski definition) is 1. The molecular formula is C18H28N2. The minimum atomic E-state index is 0.589. The van der Waals surface area contributed by atoms with Gasteiger partial charge < -0.3 is 5.73 Å². The van der Waals surface area contributed by atoms with E-state index in [1.165, 1.54) is 62.6 Å². The Labute approximate surface area is 123 Å². The molecule has 20 heavy (non-hydrogen) atoms. The summed E-state index contributed by atoms with van der Waals surface area (Å²) in [6.45, 7) is 3.11. The summed E-state index contributed by atoms with van der Waals surface area (Å²) in [5, 5.41) is 0. The van der Waals surface area contributed by atoms with Crippen molar-refractivity contribution in [1.82, 2.24) is 4.90 Å². The first-order valence-corrected chi connectivity index (χ1v) is 8.37. The second kappa shape index (κ2) is 6.73. The van der Waals surface area contributed by atoms with E-state index in [9.17, 15) is 0 Å². The van der Waals surface area contributed by atoms with E-state index in [-0.39, 0.29) is 0 Å². The van der Waals surface area contributed by atoms with Gasteiger partial charge in [-0.1, -0.05) is 56.4 Å². The fraction of sp³-hybridized carbons (Fsp3) is 0.667. The first kappa shape index (κ1) is 14.1. The van der Waals surface area contributed by atoms with Gasteiger partial charge in [-0.2, -0.15) is 0 Å². The van der Waals surface area contributed by atoms with E-state index < -0.39 is 0 Å². The number of fused-ring (bicyclic) bond motifs is 1. The van der Waals surface area contributed by atoms with Crippen LogP contribution in [0.15, 0.2) is 24.3 Å². The van der Waals surface area contributed by atoms with Gasteiger partial charge in [-0.25, -0.2) is 0 Å². The average Bonchev–Trinajstić information content (AvgIpc) is 2.53. The number of nitrogens with zero attached hydrogens (tertiary/aromatic N) is 1. The summed E-state index contributed by atoms with van der Waals surface area (Å²) in [5.41, 5.74) is 9.15. The summed E-state index contributed by atoms with van der Waals surface area (Å²) in [6.07, 6.45) is 9.69. The molecule has 1 aliphatic heterocycles. The average molecular weight is 272 g/mol. The zero-order valence-electron chi connectivity index (χ0n) is 12.6. The summed E-state index contributed by atoms with van der Waals surface area (Å²) >= 11 is 0. The van der Waals surface area contributed by atoms with Crippen LogP contribution in [0.2, 0.25) is 0 Å². The zero-order chi connectivity index (χ0) is 13.8. The molecule has 1 aromatic carbocycles. The predicted octanol–water partition coefficient (Wildman–Crippen LogP) is 3.34. The Morgan fingerprint density at radius 1 is 1.10 bits per heavy atom. The predicted molar refractivity (Wildman–Crippen MR) is 84.6 cm³/mol. The highest BCUT2D eigenvalue weighted by Crippen LogP contribution is 2.30. The number of nitrogens with two attached hydrogens (primary N) is 1. The molecule has 3 rings (SSSR count). The van der Waals surface area contributed by atoms with E-state index in [0.29, 0.717) is 6.04 Å². The van der Waals surface area contributed by atoms with Crippen molar-refractivity contribution in [2.75, 3.05) is 13.1 Å². The van der Waals surface area contributed by atoms with Crippen LogP contribution in [0.4, 0.5) is 0 Å². The van der Waals surface area contributed by atoms with Crippen LogP contribution in [0.25, 0.3) is 0 Å². The molecule has 1 saturated carbocycles. The highest BCUT2D eigenvalue weighted by Gasteiger charge is 2.25. The lowest BCUT2D eigenvalue weighted by molar-refractivity contribution is 0.146. The largest absolute Gasteiger partial charge is 0.329 e. The van der Waals surface area contributed by atoms with Crippen molar-refractivity contribution >= 4 is 0 Å². The number of benzene rings is 1. The van der Waals surface area contributed by atoms with Crippen molar-refractivity contribution in [3.05, 3.63) is 35.4 Å². The third-order valence-electron chi connectivity index (χ3n) is 5.28. The Hall–Kier alpha value is -0.860. The van der Waals surface area contributed by atoms with Gasteiger partial charge in [-0.15, -0.1) is 0 Å². The standard InChI is InChI=1S/C18H28N2/c19-13-18(12-15-6-2-1-3-7-15)20-11-10-16-8-4-5-9-17(16)14-20/h4-5,8-9,15,18H,1-3,6-7,10-14,19H2. The second-order valence-electron chi connectivity index (χ2n) is 6.62. The van der Waals surface area contributed by atoms with Crippen molar-refractivity contribution in [3.63, 3.8) is 0 Å². The summed E-state index contributed by atoms with van der Waals surface area (Å²) in [7, 11) is 0. The molecule has 2 aliphatic rings. The van der Waals surface area contributed by atoms with Crippen LogP contribution in [-0.2, 0) is 13.0 Å². The first-order chi connectivity index (χ1) is 9.86. The topological polar surface area (TPSA) is 29.3 Å². The van der Waals surface area contributed by atoms with Gasteiger partial charge >= 0.3 is 0 Å². The third kappa shape index (κ3) is 3.24. The van der Waals surface area contributed by atoms with E-state index in [1.54, 1.807) is 0 Å². The Morgan fingerprint density at radius 3 is 2.60 bits per heavy atom. The molecule has 0 radical (unpaired) electrons. The normalized spacial score (nSPS) is 22.4. The molecule has 1 aliphatic carbocycles. The molecule has 0 aromatic heterocycles. The molecule has 2 heteroatoms. The molecule has 1 heterocycles. The molecule has 1 unspecified atom stereocenters. The molecule has 0 spiro atoms. The summed E-state index contributed by atoms with van der Waals surface area (Å²) in [5.74, 6) is 0.925. The molecule has 1 aromatic rings. The van der Waals surface area contributed by atoms with Crippen molar-refractivity contribution in [3.8, 4) is 0 Å².